The van der Waals surface area contributed by atoms with E-state index < -0.39 is 0 Å². The fourth-order valence-electron chi connectivity index (χ4n) is 10.9. The van der Waals surface area contributed by atoms with Crippen LogP contribution >= 0.6 is 0 Å². The van der Waals surface area contributed by atoms with Gasteiger partial charge in [-0.05, 0) is 125 Å². The molecule has 0 atom stereocenters. The van der Waals surface area contributed by atoms with Gasteiger partial charge >= 0.3 is 0 Å². The first-order valence-electron chi connectivity index (χ1n) is 21.8. The van der Waals surface area contributed by atoms with Crippen molar-refractivity contribution < 1.29 is 0 Å². The first kappa shape index (κ1) is 35.1. The van der Waals surface area contributed by atoms with Crippen LogP contribution in [-0.4, -0.2) is 9.13 Å². The highest BCUT2D eigenvalue weighted by Crippen LogP contribution is 2.51. The molecule has 2 heterocycles. The van der Waals surface area contributed by atoms with E-state index in [-0.39, 0.29) is 5.41 Å². The summed E-state index contributed by atoms with van der Waals surface area (Å²) in [5.74, 6) is 0.634. The van der Waals surface area contributed by atoms with Gasteiger partial charge in [-0.1, -0.05) is 136 Å². The number of fused-ring (bicyclic) bond motifs is 9. The van der Waals surface area contributed by atoms with Crippen molar-refractivity contribution in [1.29, 1.82) is 0 Å². The summed E-state index contributed by atoms with van der Waals surface area (Å²) >= 11 is 0. The van der Waals surface area contributed by atoms with Gasteiger partial charge in [-0.2, -0.15) is 0 Å². The van der Waals surface area contributed by atoms with Gasteiger partial charge in [0.2, 0.25) is 0 Å². The molecule has 3 nitrogen and oxygen atoms in total. The summed E-state index contributed by atoms with van der Waals surface area (Å²) in [7, 11) is 0. The summed E-state index contributed by atoms with van der Waals surface area (Å²) in [6.45, 7) is 4.75. The Balaban J connectivity index is 1.10. The maximum Gasteiger partial charge on any atom is 0.0561 e. The van der Waals surface area contributed by atoms with Crippen molar-refractivity contribution in [3.8, 4) is 22.5 Å². The molecule has 12 rings (SSSR count). The van der Waals surface area contributed by atoms with Crippen molar-refractivity contribution in [2.24, 2.45) is 0 Å². The lowest BCUT2D eigenvalue weighted by Gasteiger charge is -2.28. The fourth-order valence-corrected chi connectivity index (χ4v) is 10.9. The van der Waals surface area contributed by atoms with Crippen molar-refractivity contribution in [3.05, 3.63) is 199 Å². The zero-order valence-corrected chi connectivity index (χ0v) is 34.3. The molecular formula is C57H47N3. The van der Waals surface area contributed by atoms with Crippen molar-refractivity contribution in [2.75, 3.05) is 4.90 Å². The molecule has 2 aliphatic carbocycles. The van der Waals surface area contributed by atoms with E-state index in [4.69, 9.17) is 0 Å². The predicted octanol–water partition coefficient (Wildman–Crippen LogP) is 15.7. The highest BCUT2D eigenvalue weighted by atomic mass is 15.1. The Labute approximate surface area is 351 Å². The summed E-state index contributed by atoms with van der Waals surface area (Å²) < 4.78 is 4.91. The third kappa shape index (κ3) is 5.35. The fraction of sp³-hybridized carbons (Fsp3) is 0.158. The van der Waals surface area contributed by atoms with Crippen LogP contribution in [0.15, 0.2) is 182 Å². The minimum Gasteiger partial charge on any atom is -0.310 e. The molecule has 0 bridgehead atoms. The van der Waals surface area contributed by atoms with Crippen LogP contribution in [0.3, 0.4) is 0 Å². The molecule has 10 aromatic rings. The Hall–Kier alpha value is -6.84. The van der Waals surface area contributed by atoms with Crippen LogP contribution in [0.25, 0.3) is 66.1 Å². The third-order valence-electron chi connectivity index (χ3n) is 13.9. The van der Waals surface area contributed by atoms with Gasteiger partial charge in [0, 0.05) is 55.4 Å². The van der Waals surface area contributed by atoms with Gasteiger partial charge in [0.15, 0.2) is 0 Å². The summed E-state index contributed by atoms with van der Waals surface area (Å²) in [4.78, 5) is 2.49. The van der Waals surface area contributed by atoms with Crippen molar-refractivity contribution in [3.63, 3.8) is 0 Å². The summed E-state index contributed by atoms with van der Waals surface area (Å²) in [6, 6.07) is 68.2. The summed E-state index contributed by atoms with van der Waals surface area (Å²) in [6.07, 6.45) is 6.58. The smallest absolute Gasteiger partial charge is 0.0561 e. The highest BCUT2D eigenvalue weighted by Gasteiger charge is 2.36. The van der Waals surface area contributed by atoms with Gasteiger partial charge in [0.05, 0.1) is 22.1 Å². The van der Waals surface area contributed by atoms with E-state index in [2.05, 4.69) is 210 Å². The number of para-hydroxylation sites is 3. The topological polar surface area (TPSA) is 13.1 Å². The normalized spacial score (nSPS) is 14.9. The van der Waals surface area contributed by atoms with E-state index in [9.17, 15) is 0 Å². The Morgan fingerprint density at radius 3 is 1.75 bits per heavy atom. The highest BCUT2D eigenvalue weighted by molar-refractivity contribution is 6.12. The molecule has 3 heteroatoms. The second-order valence-electron chi connectivity index (χ2n) is 17.6. The first-order valence-corrected chi connectivity index (χ1v) is 21.8. The van der Waals surface area contributed by atoms with Crippen LogP contribution in [-0.2, 0) is 5.41 Å². The van der Waals surface area contributed by atoms with Crippen molar-refractivity contribution in [2.45, 2.75) is 57.3 Å². The monoisotopic (exact) mass is 773 g/mol. The Kier molecular flexibility index (Phi) is 7.97. The number of hydrogen-bond donors (Lipinski definition) is 0. The van der Waals surface area contributed by atoms with Gasteiger partial charge in [-0.25, -0.2) is 0 Å². The average Bonchev–Trinajstić information content (AvgIpc) is 3.89. The average molecular weight is 774 g/mol. The Morgan fingerprint density at radius 1 is 0.417 bits per heavy atom. The van der Waals surface area contributed by atoms with Crippen LogP contribution in [0.4, 0.5) is 17.1 Å². The van der Waals surface area contributed by atoms with Gasteiger partial charge in [-0.15, -0.1) is 0 Å². The molecule has 1 saturated carbocycles. The number of anilines is 3. The van der Waals surface area contributed by atoms with E-state index in [0.29, 0.717) is 5.92 Å². The lowest BCUT2D eigenvalue weighted by atomic mass is 9.82. The molecule has 0 N–H and O–H groups in total. The molecule has 0 spiro atoms. The van der Waals surface area contributed by atoms with E-state index in [1.54, 1.807) is 0 Å². The van der Waals surface area contributed by atoms with Crippen LogP contribution in [0.5, 0.6) is 0 Å². The molecule has 2 aliphatic rings. The molecular weight excluding hydrogens is 727 g/mol. The van der Waals surface area contributed by atoms with Gasteiger partial charge in [0.25, 0.3) is 0 Å². The molecule has 2 aromatic heterocycles. The zero-order valence-electron chi connectivity index (χ0n) is 34.3. The quantitative estimate of drug-likeness (QED) is 0.164. The largest absolute Gasteiger partial charge is 0.310 e. The molecule has 8 aromatic carbocycles. The second kappa shape index (κ2) is 13.6. The van der Waals surface area contributed by atoms with E-state index in [1.807, 2.05) is 0 Å². The van der Waals surface area contributed by atoms with E-state index >= 15 is 0 Å². The second-order valence-corrected chi connectivity index (χ2v) is 17.6. The third-order valence-corrected chi connectivity index (χ3v) is 13.9. The molecule has 0 amide bonds. The molecule has 0 radical (unpaired) electrons. The molecule has 0 aliphatic heterocycles. The number of rotatable bonds is 6. The Bertz CT molecular complexity index is 3270. The van der Waals surface area contributed by atoms with Crippen LogP contribution in [0, 0.1) is 0 Å². The van der Waals surface area contributed by atoms with Crippen molar-refractivity contribution >= 4 is 60.7 Å². The summed E-state index contributed by atoms with van der Waals surface area (Å²) in [5.41, 5.74) is 17.5. The maximum absolute atomic E-state index is 2.51. The first-order chi connectivity index (χ1) is 29.5. The van der Waals surface area contributed by atoms with Crippen LogP contribution in [0.2, 0.25) is 0 Å². The van der Waals surface area contributed by atoms with Gasteiger partial charge in [-0.3, -0.25) is 0 Å². The number of aromatic nitrogens is 2. The number of benzene rings is 8. The van der Waals surface area contributed by atoms with Crippen molar-refractivity contribution in [1.82, 2.24) is 9.13 Å². The standard InChI is InChI=1S/C57H47N3/c1-57(2)51-24-14-12-22-45(51)46-31-27-43(36-52(46)57)58(42-29-33-54-50(35-42)47-23-13-15-25-53(47)59(54)40-18-8-4-9-19-40)44-28-32-49-48-30-26-39(38-16-6-3-7-17-38)34-55(48)60(56(49)37-44)41-20-10-5-11-21-41/h4-5,8-15,18-38H,3,6-7,16-17H2,1-2H3. The molecule has 0 saturated heterocycles. The number of nitrogens with zero attached hydrogens (tertiary/aromatic N) is 3. The van der Waals surface area contributed by atoms with E-state index in [1.165, 1.54) is 115 Å². The van der Waals surface area contributed by atoms with Crippen LogP contribution in [0.1, 0.15) is 68.6 Å². The minimum atomic E-state index is -0.125. The predicted molar refractivity (Wildman–Crippen MR) is 253 cm³/mol. The van der Waals surface area contributed by atoms with Gasteiger partial charge in [0.1, 0.15) is 0 Å². The maximum atomic E-state index is 2.51. The zero-order chi connectivity index (χ0) is 40.0. The van der Waals surface area contributed by atoms with Crippen LogP contribution < -0.4 is 4.90 Å². The molecule has 60 heavy (non-hydrogen) atoms. The number of hydrogen-bond acceptors (Lipinski definition) is 1. The molecule has 1 fully saturated rings. The van der Waals surface area contributed by atoms with Gasteiger partial charge < -0.3 is 14.0 Å². The molecule has 290 valence electrons. The minimum absolute atomic E-state index is 0.125. The van der Waals surface area contributed by atoms with E-state index in [0.717, 1.165) is 17.1 Å². The Morgan fingerprint density at radius 2 is 0.967 bits per heavy atom. The SMILES string of the molecule is CC1(C)c2ccccc2-c2ccc(N(c3ccc4c(c3)c3ccccc3n4-c3ccccc3)c3ccc4c5ccc(C6CCCCC6)cc5n(-c5ccccc5)c4c3)cc21. The lowest BCUT2D eigenvalue weighted by molar-refractivity contribution is 0.444. The summed E-state index contributed by atoms with van der Waals surface area (Å²) in [5, 5.41) is 5.07. The molecule has 0 unspecified atom stereocenters. The lowest BCUT2D eigenvalue weighted by Crippen LogP contribution is -2.16.